The summed E-state index contributed by atoms with van der Waals surface area (Å²) in [6.45, 7) is 0. The third-order valence-electron chi connectivity index (χ3n) is 1.78. The molecule has 0 radical (unpaired) electrons. The quantitative estimate of drug-likeness (QED) is 0.751. The molecule has 0 aliphatic carbocycles. The number of nitrogens with zero attached hydrogens (tertiary/aromatic N) is 2. The van der Waals surface area contributed by atoms with Gasteiger partial charge < -0.3 is 0 Å². The molecule has 0 aliphatic rings. The van der Waals surface area contributed by atoms with Crippen LogP contribution in [-0.4, -0.2) is 9.97 Å². The molecule has 0 bridgehead atoms. The molecule has 0 spiro atoms. The van der Waals surface area contributed by atoms with Crippen molar-refractivity contribution in [2.75, 3.05) is 0 Å². The molecule has 0 saturated carbocycles. The van der Waals surface area contributed by atoms with E-state index in [1.807, 2.05) is 0 Å². The molecular formula is C9H5F3N2S. The Hall–Kier alpha value is -1.43. The van der Waals surface area contributed by atoms with Crippen molar-refractivity contribution in [1.82, 2.24) is 9.97 Å². The Bertz CT molecular complexity index is 451. The highest BCUT2D eigenvalue weighted by Gasteiger charge is 2.31. The van der Waals surface area contributed by atoms with Crippen molar-refractivity contribution in [3.8, 4) is 10.4 Å². The van der Waals surface area contributed by atoms with Crippen LogP contribution in [0.15, 0.2) is 30.2 Å². The van der Waals surface area contributed by atoms with Crippen LogP contribution in [0.3, 0.4) is 0 Å². The van der Waals surface area contributed by atoms with Gasteiger partial charge in [0, 0.05) is 24.2 Å². The van der Waals surface area contributed by atoms with E-state index in [1.165, 1.54) is 23.7 Å². The van der Waals surface area contributed by atoms with Crippen LogP contribution in [0.25, 0.3) is 10.4 Å². The Morgan fingerprint density at radius 1 is 1.07 bits per heavy atom. The predicted molar refractivity (Wildman–Crippen MR) is 50.3 cm³/mol. The molecule has 6 heteroatoms. The number of thiazole rings is 1. The summed E-state index contributed by atoms with van der Waals surface area (Å²) < 4.78 is 37.1. The molecule has 0 unspecified atom stereocenters. The number of halogens is 3. The molecule has 0 fully saturated rings. The van der Waals surface area contributed by atoms with E-state index in [-0.39, 0.29) is 0 Å². The van der Waals surface area contributed by atoms with E-state index < -0.39 is 11.7 Å². The first kappa shape index (κ1) is 10.1. The van der Waals surface area contributed by atoms with E-state index in [0.717, 1.165) is 12.3 Å². The molecule has 0 aromatic carbocycles. The van der Waals surface area contributed by atoms with Crippen molar-refractivity contribution < 1.29 is 13.2 Å². The number of pyridine rings is 1. The van der Waals surface area contributed by atoms with Crippen LogP contribution in [0.5, 0.6) is 0 Å². The van der Waals surface area contributed by atoms with Crippen molar-refractivity contribution in [2.45, 2.75) is 6.18 Å². The van der Waals surface area contributed by atoms with E-state index >= 15 is 0 Å². The van der Waals surface area contributed by atoms with E-state index in [1.54, 1.807) is 5.51 Å². The molecule has 2 aromatic rings. The fourth-order valence-electron chi connectivity index (χ4n) is 1.09. The molecule has 2 aromatic heterocycles. The lowest BCUT2D eigenvalue weighted by atomic mass is 10.2. The van der Waals surface area contributed by atoms with Gasteiger partial charge in [0.15, 0.2) is 0 Å². The average Bonchev–Trinajstić information content (AvgIpc) is 2.69. The molecule has 0 aliphatic heterocycles. The first-order chi connectivity index (χ1) is 7.07. The summed E-state index contributed by atoms with van der Waals surface area (Å²) in [5.41, 5.74) is 1.26. The number of alkyl halides is 3. The molecule has 0 saturated heterocycles. The SMILES string of the molecule is FC(F)(F)c1cncc(-c2cncs2)c1. The van der Waals surface area contributed by atoms with Crippen molar-refractivity contribution in [3.05, 3.63) is 35.7 Å². The summed E-state index contributed by atoms with van der Waals surface area (Å²) in [5.74, 6) is 0. The average molecular weight is 230 g/mol. The van der Waals surface area contributed by atoms with Gasteiger partial charge in [-0.05, 0) is 6.07 Å². The van der Waals surface area contributed by atoms with Crippen LogP contribution in [0.2, 0.25) is 0 Å². The molecule has 78 valence electrons. The van der Waals surface area contributed by atoms with E-state index in [9.17, 15) is 13.2 Å². The maximum Gasteiger partial charge on any atom is 0.417 e. The first-order valence-electron chi connectivity index (χ1n) is 3.98. The number of hydrogen-bond donors (Lipinski definition) is 0. The predicted octanol–water partition coefficient (Wildman–Crippen LogP) is 3.22. The first-order valence-corrected chi connectivity index (χ1v) is 4.86. The maximum absolute atomic E-state index is 12.4. The van der Waals surface area contributed by atoms with Crippen LogP contribution < -0.4 is 0 Å². The van der Waals surface area contributed by atoms with Crippen molar-refractivity contribution in [3.63, 3.8) is 0 Å². The van der Waals surface area contributed by atoms with Crippen molar-refractivity contribution >= 4 is 11.3 Å². The normalized spacial score (nSPS) is 11.7. The zero-order chi connectivity index (χ0) is 10.9. The highest BCUT2D eigenvalue weighted by atomic mass is 32.1. The lowest BCUT2D eigenvalue weighted by Crippen LogP contribution is -2.05. The second-order valence-corrected chi connectivity index (χ2v) is 3.71. The number of aromatic nitrogens is 2. The zero-order valence-electron chi connectivity index (χ0n) is 7.32. The summed E-state index contributed by atoms with van der Waals surface area (Å²) in [6, 6.07) is 1.07. The van der Waals surface area contributed by atoms with Gasteiger partial charge in [0.05, 0.1) is 16.0 Å². The van der Waals surface area contributed by atoms with Gasteiger partial charge in [0.2, 0.25) is 0 Å². The van der Waals surface area contributed by atoms with Gasteiger partial charge in [-0.3, -0.25) is 9.97 Å². The molecule has 2 heterocycles. The van der Waals surface area contributed by atoms with Crippen LogP contribution in [-0.2, 0) is 6.18 Å². The van der Waals surface area contributed by atoms with Crippen molar-refractivity contribution in [1.29, 1.82) is 0 Å². The van der Waals surface area contributed by atoms with E-state index in [4.69, 9.17) is 0 Å². The second-order valence-electron chi connectivity index (χ2n) is 2.83. The van der Waals surface area contributed by atoms with Crippen molar-refractivity contribution in [2.24, 2.45) is 0 Å². The second kappa shape index (κ2) is 3.62. The molecular weight excluding hydrogens is 225 g/mol. The minimum absolute atomic E-state index is 0.437. The van der Waals surface area contributed by atoms with E-state index in [2.05, 4.69) is 9.97 Å². The molecule has 15 heavy (non-hydrogen) atoms. The Labute approximate surface area is 87.4 Å². The smallest absolute Gasteiger partial charge is 0.263 e. The fraction of sp³-hybridized carbons (Fsp3) is 0.111. The van der Waals surface area contributed by atoms with E-state index in [0.29, 0.717) is 10.4 Å². The van der Waals surface area contributed by atoms with Gasteiger partial charge in [0.25, 0.3) is 0 Å². The van der Waals surface area contributed by atoms with Gasteiger partial charge in [0.1, 0.15) is 0 Å². The summed E-state index contributed by atoms with van der Waals surface area (Å²) in [4.78, 5) is 8.04. The standard InChI is InChI=1S/C9H5F3N2S/c10-9(11,12)7-1-6(2-13-3-7)8-4-14-5-15-8/h1-5H. The van der Waals surface area contributed by atoms with Gasteiger partial charge in [-0.2, -0.15) is 13.2 Å². The van der Waals surface area contributed by atoms with Crippen LogP contribution >= 0.6 is 11.3 Å². The Balaban J connectivity index is 2.44. The minimum Gasteiger partial charge on any atom is -0.263 e. The summed E-state index contributed by atoms with van der Waals surface area (Å²) in [7, 11) is 0. The molecule has 2 rings (SSSR count). The van der Waals surface area contributed by atoms with Gasteiger partial charge in [-0.1, -0.05) is 0 Å². The van der Waals surface area contributed by atoms with Gasteiger partial charge in [-0.25, -0.2) is 0 Å². The van der Waals surface area contributed by atoms with Gasteiger partial charge in [-0.15, -0.1) is 11.3 Å². The summed E-state index contributed by atoms with van der Waals surface area (Å²) in [6.07, 6.45) is -0.636. The molecule has 0 amide bonds. The lowest BCUT2D eigenvalue weighted by molar-refractivity contribution is -0.137. The summed E-state index contributed by atoms with van der Waals surface area (Å²) in [5, 5.41) is 0. The highest BCUT2D eigenvalue weighted by Crippen LogP contribution is 2.32. The van der Waals surface area contributed by atoms with Crippen LogP contribution in [0, 0.1) is 0 Å². The summed E-state index contributed by atoms with van der Waals surface area (Å²) >= 11 is 1.28. The fourth-order valence-corrected chi connectivity index (χ4v) is 1.69. The maximum atomic E-state index is 12.4. The minimum atomic E-state index is -4.35. The zero-order valence-corrected chi connectivity index (χ0v) is 8.14. The number of rotatable bonds is 1. The largest absolute Gasteiger partial charge is 0.417 e. The van der Waals surface area contributed by atoms with Crippen LogP contribution in [0.1, 0.15) is 5.56 Å². The Morgan fingerprint density at radius 2 is 1.87 bits per heavy atom. The topological polar surface area (TPSA) is 25.8 Å². The molecule has 0 N–H and O–H groups in total. The number of hydrogen-bond acceptors (Lipinski definition) is 3. The third kappa shape index (κ3) is 2.15. The highest BCUT2D eigenvalue weighted by molar-refractivity contribution is 7.13. The lowest BCUT2D eigenvalue weighted by Gasteiger charge is -2.06. The molecule has 2 nitrogen and oxygen atoms in total. The van der Waals surface area contributed by atoms with Crippen LogP contribution in [0.4, 0.5) is 13.2 Å². The van der Waals surface area contributed by atoms with Gasteiger partial charge >= 0.3 is 6.18 Å². The monoisotopic (exact) mass is 230 g/mol. The Kier molecular flexibility index (Phi) is 2.44. The third-order valence-corrected chi connectivity index (χ3v) is 2.60. The molecule has 0 atom stereocenters. The Morgan fingerprint density at radius 3 is 2.47 bits per heavy atom.